The van der Waals surface area contributed by atoms with Crippen molar-refractivity contribution in [3.05, 3.63) is 0 Å². The van der Waals surface area contributed by atoms with Crippen LogP contribution in [0, 0.1) is 5.41 Å². The molecule has 2 nitrogen and oxygen atoms in total. The lowest BCUT2D eigenvalue weighted by atomic mass is 9.87. The first kappa shape index (κ1) is 12.8. The average molecular weight is 203 g/mol. The van der Waals surface area contributed by atoms with Gasteiger partial charge in [-0.3, -0.25) is 4.79 Å². The van der Waals surface area contributed by atoms with Gasteiger partial charge in [-0.2, -0.15) is 12.6 Å². The fraction of sp³-hybridized carbons (Fsp3) is 0.900. The number of amides is 1. The van der Waals surface area contributed by atoms with Gasteiger partial charge in [-0.15, -0.1) is 0 Å². The minimum atomic E-state index is 0.208. The Morgan fingerprint density at radius 3 is 2.31 bits per heavy atom. The molecule has 0 aliphatic carbocycles. The van der Waals surface area contributed by atoms with E-state index in [0.29, 0.717) is 12.3 Å². The van der Waals surface area contributed by atoms with Crippen LogP contribution < -0.4 is 0 Å². The summed E-state index contributed by atoms with van der Waals surface area (Å²) in [5, 5.41) is 0. The predicted molar refractivity (Wildman–Crippen MR) is 59.9 cm³/mol. The second kappa shape index (κ2) is 5.53. The molecule has 0 aromatic carbocycles. The van der Waals surface area contributed by atoms with Crippen LogP contribution in [-0.4, -0.2) is 23.2 Å². The number of hydrogen-bond donors (Lipinski definition) is 1. The quantitative estimate of drug-likeness (QED) is 0.684. The summed E-state index contributed by atoms with van der Waals surface area (Å²) in [6, 6.07) is 0. The maximum absolute atomic E-state index is 11.3. The van der Waals surface area contributed by atoms with E-state index >= 15 is 0 Å². The Kier molecular flexibility index (Phi) is 5.45. The number of thiol groups is 1. The van der Waals surface area contributed by atoms with Crippen molar-refractivity contribution in [3.63, 3.8) is 0 Å². The van der Waals surface area contributed by atoms with E-state index < -0.39 is 0 Å². The molecule has 1 amide bonds. The van der Waals surface area contributed by atoms with Crippen LogP contribution in [0.2, 0.25) is 0 Å². The predicted octanol–water partition coefficient (Wildman–Crippen LogP) is 2.55. The maximum Gasteiger partial charge on any atom is 0.223 e. The van der Waals surface area contributed by atoms with Gasteiger partial charge in [0.2, 0.25) is 5.91 Å². The van der Waals surface area contributed by atoms with Gasteiger partial charge in [0, 0.05) is 13.0 Å². The summed E-state index contributed by atoms with van der Waals surface area (Å²) in [5.74, 6) is 0.818. The van der Waals surface area contributed by atoms with Gasteiger partial charge in [0.05, 0.1) is 5.88 Å². The third-order valence-electron chi connectivity index (χ3n) is 2.53. The largest absolute Gasteiger partial charge is 0.333 e. The molecule has 0 radical (unpaired) electrons. The molecule has 0 bridgehead atoms. The molecule has 13 heavy (non-hydrogen) atoms. The fourth-order valence-electron chi connectivity index (χ4n) is 1.45. The summed E-state index contributed by atoms with van der Waals surface area (Å²) in [6.07, 6.45) is 1.77. The van der Waals surface area contributed by atoms with Crippen molar-refractivity contribution in [2.24, 2.45) is 5.41 Å². The second-order valence-corrected chi connectivity index (χ2v) is 3.86. The summed E-state index contributed by atoms with van der Waals surface area (Å²) in [7, 11) is 0. The highest BCUT2D eigenvalue weighted by atomic mass is 32.1. The molecule has 1 atom stereocenters. The van der Waals surface area contributed by atoms with E-state index in [9.17, 15) is 4.79 Å². The lowest BCUT2D eigenvalue weighted by Gasteiger charge is -2.20. The first-order chi connectivity index (χ1) is 6.11. The smallest absolute Gasteiger partial charge is 0.223 e. The summed E-state index contributed by atoms with van der Waals surface area (Å²) < 4.78 is 0. The molecule has 0 saturated carbocycles. The van der Waals surface area contributed by atoms with Crippen molar-refractivity contribution >= 4 is 18.5 Å². The molecule has 1 fully saturated rings. The maximum atomic E-state index is 11.3. The first-order valence-corrected chi connectivity index (χ1v) is 5.63. The molecular formula is C10H21NOS. The summed E-state index contributed by atoms with van der Waals surface area (Å²) in [5.41, 5.74) is 0.208. The van der Waals surface area contributed by atoms with Crippen molar-refractivity contribution < 1.29 is 4.79 Å². The zero-order valence-electron chi connectivity index (χ0n) is 9.13. The molecule has 0 unspecified atom stereocenters. The first-order valence-electron chi connectivity index (χ1n) is 5.00. The molecule has 3 heteroatoms. The van der Waals surface area contributed by atoms with Crippen LogP contribution in [0.25, 0.3) is 0 Å². The lowest BCUT2D eigenvalue weighted by Crippen LogP contribution is -2.25. The SMILES string of the molecule is CC.CC[C@@]1(C)CC(=O)N(CS)C1. The molecule has 0 spiro atoms. The Hall–Kier alpha value is -0.180. The molecule has 1 aliphatic rings. The van der Waals surface area contributed by atoms with Crippen molar-refractivity contribution in [2.75, 3.05) is 12.4 Å². The Labute approximate surface area is 87.1 Å². The van der Waals surface area contributed by atoms with Crippen molar-refractivity contribution in [1.82, 2.24) is 4.90 Å². The van der Waals surface area contributed by atoms with Gasteiger partial charge < -0.3 is 4.90 Å². The topological polar surface area (TPSA) is 20.3 Å². The molecule has 0 aromatic rings. The van der Waals surface area contributed by atoms with Gasteiger partial charge in [0.25, 0.3) is 0 Å². The van der Waals surface area contributed by atoms with Gasteiger partial charge in [-0.05, 0) is 11.8 Å². The number of likely N-dealkylation sites (tertiary alicyclic amines) is 1. The van der Waals surface area contributed by atoms with E-state index in [1.54, 1.807) is 0 Å². The summed E-state index contributed by atoms with van der Waals surface area (Å²) in [6.45, 7) is 9.18. The van der Waals surface area contributed by atoms with Gasteiger partial charge in [-0.1, -0.05) is 27.7 Å². The zero-order chi connectivity index (χ0) is 10.5. The lowest BCUT2D eigenvalue weighted by molar-refractivity contribution is -0.126. The van der Waals surface area contributed by atoms with E-state index in [1.165, 1.54) is 0 Å². The molecule has 0 N–H and O–H groups in total. The molecule has 1 heterocycles. The standard InChI is InChI=1S/C8H15NOS.C2H6/c1-3-8(2)4-7(10)9(5-8)6-11;1-2/h11H,3-6H2,1-2H3;1-2H3/t8-;/m0./s1. The van der Waals surface area contributed by atoms with Gasteiger partial charge >= 0.3 is 0 Å². The molecule has 1 saturated heterocycles. The fourth-order valence-corrected chi connectivity index (χ4v) is 1.71. The van der Waals surface area contributed by atoms with Crippen LogP contribution in [0.5, 0.6) is 0 Å². The van der Waals surface area contributed by atoms with Gasteiger partial charge in [0.15, 0.2) is 0 Å². The average Bonchev–Trinajstić information content (AvgIpc) is 2.46. The van der Waals surface area contributed by atoms with Crippen molar-refractivity contribution in [3.8, 4) is 0 Å². The van der Waals surface area contributed by atoms with Crippen LogP contribution in [-0.2, 0) is 4.79 Å². The van der Waals surface area contributed by atoms with E-state index in [2.05, 4.69) is 26.5 Å². The third kappa shape index (κ3) is 3.22. The highest BCUT2D eigenvalue weighted by Crippen LogP contribution is 2.33. The highest BCUT2D eigenvalue weighted by molar-refractivity contribution is 7.80. The highest BCUT2D eigenvalue weighted by Gasteiger charge is 2.36. The number of carbonyl (C=O) groups is 1. The third-order valence-corrected chi connectivity index (χ3v) is 2.87. The minimum absolute atomic E-state index is 0.208. The van der Waals surface area contributed by atoms with E-state index in [0.717, 1.165) is 13.0 Å². The monoisotopic (exact) mass is 203 g/mol. The van der Waals surface area contributed by atoms with Crippen molar-refractivity contribution in [1.29, 1.82) is 0 Å². The van der Waals surface area contributed by atoms with Crippen LogP contribution >= 0.6 is 12.6 Å². The Bertz CT molecular complexity index is 172. The number of rotatable bonds is 2. The Morgan fingerprint density at radius 1 is 1.54 bits per heavy atom. The zero-order valence-corrected chi connectivity index (χ0v) is 10.0. The molecule has 1 aliphatic heterocycles. The second-order valence-electron chi connectivity index (χ2n) is 3.57. The molecular weight excluding hydrogens is 182 g/mol. The van der Waals surface area contributed by atoms with Crippen LogP contribution in [0.15, 0.2) is 0 Å². The molecule has 78 valence electrons. The Balaban J connectivity index is 0.000000671. The van der Waals surface area contributed by atoms with E-state index in [1.807, 2.05) is 18.7 Å². The van der Waals surface area contributed by atoms with E-state index in [-0.39, 0.29) is 11.3 Å². The van der Waals surface area contributed by atoms with Gasteiger partial charge in [0.1, 0.15) is 0 Å². The normalized spacial score (nSPS) is 27.2. The van der Waals surface area contributed by atoms with Crippen LogP contribution in [0.1, 0.15) is 40.5 Å². The Morgan fingerprint density at radius 2 is 2.08 bits per heavy atom. The number of carbonyl (C=O) groups excluding carboxylic acids is 1. The van der Waals surface area contributed by atoms with Gasteiger partial charge in [-0.25, -0.2) is 0 Å². The number of hydrogen-bond acceptors (Lipinski definition) is 2. The summed E-state index contributed by atoms with van der Waals surface area (Å²) >= 11 is 4.10. The van der Waals surface area contributed by atoms with Crippen molar-refractivity contribution in [2.45, 2.75) is 40.5 Å². The molecule has 0 aromatic heterocycles. The molecule has 1 rings (SSSR count). The van der Waals surface area contributed by atoms with Crippen LogP contribution in [0.3, 0.4) is 0 Å². The van der Waals surface area contributed by atoms with E-state index in [4.69, 9.17) is 0 Å². The minimum Gasteiger partial charge on any atom is -0.333 e. The summed E-state index contributed by atoms with van der Waals surface area (Å²) in [4.78, 5) is 13.1. The van der Waals surface area contributed by atoms with Crippen LogP contribution in [0.4, 0.5) is 0 Å². The number of nitrogens with zero attached hydrogens (tertiary/aromatic N) is 1.